The minimum Gasteiger partial charge on any atom is -0.309 e. The molecule has 4 nitrogen and oxygen atoms in total. The number of aromatic nitrogens is 2. The highest BCUT2D eigenvalue weighted by Gasteiger charge is 2.15. The lowest BCUT2D eigenvalue weighted by atomic mass is 10.2. The van der Waals surface area contributed by atoms with Gasteiger partial charge in [0.15, 0.2) is 0 Å². The summed E-state index contributed by atoms with van der Waals surface area (Å²) in [5.41, 5.74) is 0.00217. The molecule has 1 saturated heterocycles. The van der Waals surface area contributed by atoms with Crippen LogP contribution in [0, 0.1) is 0 Å². The summed E-state index contributed by atoms with van der Waals surface area (Å²) < 4.78 is 0. The zero-order valence-corrected chi connectivity index (χ0v) is 12.2. The number of H-pyrrole nitrogens is 1. The highest BCUT2D eigenvalue weighted by atomic mass is 32.1. The molecule has 0 unspecified atom stereocenters. The molecule has 3 heterocycles. The molecule has 3 rings (SSSR count). The fraction of sp³-hybridized carbons (Fsp3) is 0.571. The van der Waals surface area contributed by atoms with E-state index in [1.807, 2.05) is 6.07 Å². The second-order valence-corrected chi connectivity index (χ2v) is 6.58. The van der Waals surface area contributed by atoms with E-state index in [1.54, 1.807) is 11.3 Å². The molecule has 0 aliphatic carbocycles. The lowest BCUT2D eigenvalue weighted by molar-refractivity contribution is 0.322. The Bertz CT molecular complexity index is 638. The van der Waals surface area contributed by atoms with E-state index in [9.17, 15) is 4.79 Å². The van der Waals surface area contributed by atoms with Crippen molar-refractivity contribution in [1.29, 1.82) is 0 Å². The lowest BCUT2D eigenvalue weighted by Gasteiger charge is -2.12. The molecule has 0 aromatic carbocycles. The fourth-order valence-corrected chi connectivity index (χ4v) is 3.56. The van der Waals surface area contributed by atoms with Crippen molar-refractivity contribution in [3.05, 3.63) is 27.1 Å². The van der Waals surface area contributed by atoms with Crippen LogP contribution in [-0.4, -0.2) is 28.0 Å². The maximum atomic E-state index is 12.1. The van der Waals surface area contributed by atoms with Crippen LogP contribution in [0.5, 0.6) is 0 Å². The van der Waals surface area contributed by atoms with Crippen molar-refractivity contribution >= 4 is 21.6 Å². The second-order valence-electron chi connectivity index (χ2n) is 5.52. The summed E-state index contributed by atoms with van der Waals surface area (Å²) in [6.45, 7) is 7.28. The molecule has 1 N–H and O–H groups in total. The minimum atomic E-state index is 0.00217. The molecule has 0 bridgehead atoms. The van der Waals surface area contributed by atoms with E-state index in [2.05, 4.69) is 28.7 Å². The van der Waals surface area contributed by atoms with Gasteiger partial charge in [-0.2, -0.15) is 0 Å². The number of hydrogen-bond acceptors (Lipinski definition) is 4. The molecular weight excluding hydrogens is 258 g/mol. The average Bonchev–Trinajstić information content (AvgIpc) is 2.97. The first kappa shape index (κ1) is 12.8. The third-order valence-electron chi connectivity index (χ3n) is 3.61. The van der Waals surface area contributed by atoms with E-state index >= 15 is 0 Å². The Morgan fingerprint density at radius 2 is 2.16 bits per heavy atom. The van der Waals surface area contributed by atoms with Crippen LogP contribution in [0.4, 0.5) is 0 Å². The Kier molecular flexibility index (Phi) is 3.41. The van der Waals surface area contributed by atoms with Crippen LogP contribution in [-0.2, 0) is 6.54 Å². The molecule has 0 amide bonds. The van der Waals surface area contributed by atoms with Gasteiger partial charge in [-0.15, -0.1) is 11.3 Å². The van der Waals surface area contributed by atoms with Crippen molar-refractivity contribution in [2.45, 2.75) is 39.2 Å². The summed E-state index contributed by atoms with van der Waals surface area (Å²) in [5, 5.41) is 0.735. The summed E-state index contributed by atoms with van der Waals surface area (Å²) >= 11 is 1.64. The minimum absolute atomic E-state index is 0.00217. The maximum absolute atomic E-state index is 12.1. The second kappa shape index (κ2) is 5.06. The molecule has 0 atom stereocenters. The highest BCUT2D eigenvalue weighted by Crippen LogP contribution is 2.27. The van der Waals surface area contributed by atoms with Crippen molar-refractivity contribution in [1.82, 2.24) is 14.9 Å². The van der Waals surface area contributed by atoms with Gasteiger partial charge in [0.2, 0.25) is 0 Å². The van der Waals surface area contributed by atoms with Crippen molar-refractivity contribution in [2.75, 3.05) is 13.1 Å². The van der Waals surface area contributed by atoms with Gasteiger partial charge in [-0.05, 0) is 37.9 Å². The largest absolute Gasteiger partial charge is 0.309 e. The number of nitrogens with zero attached hydrogens (tertiary/aromatic N) is 2. The zero-order chi connectivity index (χ0) is 13.4. The molecule has 1 aliphatic rings. The molecule has 0 saturated carbocycles. The molecule has 1 aliphatic heterocycles. The van der Waals surface area contributed by atoms with Crippen molar-refractivity contribution < 1.29 is 0 Å². The van der Waals surface area contributed by atoms with Gasteiger partial charge in [0.05, 0.1) is 11.9 Å². The Morgan fingerprint density at radius 3 is 2.84 bits per heavy atom. The van der Waals surface area contributed by atoms with Crippen LogP contribution in [0.1, 0.15) is 43.3 Å². The van der Waals surface area contributed by atoms with Crippen LogP contribution in [0.25, 0.3) is 10.2 Å². The normalized spacial score (nSPS) is 16.8. The first-order chi connectivity index (χ1) is 9.13. The van der Waals surface area contributed by atoms with Gasteiger partial charge in [-0.3, -0.25) is 9.69 Å². The Labute approximate surface area is 116 Å². The van der Waals surface area contributed by atoms with E-state index in [0.717, 1.165) is 35.7 Å². The predicted octanol–water partition coefficient (Wildman–Crippen LogP) is 2.70. The van der Waals surface area contributed by atoms with Crippen LogP contribution in [0.2, 0.25) is 0 Å². The van der Waals surface area contributed by atoms with Crippen LogP contribution in [0.3, 0.4) is 0 Å². The first-order valence-electron chi connectivity index (χ1n) is 6.88. The fourth-order valence-electron chi connectivity index (χ4n) is 2.51. The number of hydrogen-bond donors (Lipinski definition) is 1. The van der Waals surface area contributed by atoms with Crippen LogP contribution in [0.15, 0.2) is 10.9 Å². The van der Waals surface area contributed by atoms with Crippen molar-refractivity contribution in [2.24, 2.45) is 0 Å². The summed E-state index contributed by atoms with van der Waals surface area (Å²) in [6, 6.07) is 1.98. The van der Waals surface area contributed by atoms with Gasteiger partial charge < -0.3 is 4.98 Å². The van der Waals surface area contributed by atoms with Crippen molar-refractivity contribution in [3.63, 3.8) is 0 Å². The third-order valence-corrected chi connectivity index (χ3v) is 4.94. The number of likely N-dealkylation sites (tertiary alicyclic amines) is 1. The van der Waals surface area contributed by atoms with E-state index in [-0.39, 0.29) is 5.56 Å². The van der Waals surface area contributed by atoms with Crippen molar-refractivity contribution in [3.8, 4) is 0 Å². The predicted molar refractivity (Wildman–Crippen MR) is 78.8 cm³/mol. The zero-order valence-electron chi connectivity index (χ0n) is 11.4. The van der Waals surface area contributed by atoms with Gasteiger partial charge >= 0.3 is 0 Å². The molecule has 2 aromatic rings. The number of fused-ring (bicyclic) bond motifs is 1. The molecule has 0 spiro atoms. The summed E-state index contributed by atoms with van der Waals surface area (Å²) in [4.78, 5) is 24.1. The Balaban J connectivity index is 1.96. The van der Waals surface area contributed by atoms with Gasteiger partial charge in [0, 0.05) is 4.88 Å². The quantitative estimate of drug-likeness (QED) is 0.938. The number of nitrogens with one attached hydrogen (secondary N) is 1. The SMILES string of the molecule is CC(C)c1cc2c(=O)[nH]c(CN3CCCC3)nc2s1. The molecule has 5 heteroatoms. The summed E-state index contributed by atoms with van der Waals surface area (Å²) in [6.07, 6.45) is 2.51. The van der Waals surface area contributed by atoms with E-state index in [4.69, 9.17) is 0 Å². The van der Waals surface area contributed by atoms with E-state index in [0.29, 0.717) is 5.92 Å². The van der Waals surface area contributed by atoms with Crippen LogP contribution < -0.4 is 5.56 Å². The summed E-state index contributed by atoms with van der Waals surface area (Å²) in [7, 11) is 0. The Morgan fingerprint density at radius 1 is 1.42 bits per heavy atom. The highest BCUT2D eigenvalue weighted by molar-refractivity contribution is 7.18. The van der Waals surface area contributed by atoms with Crippen LogP contribution >= 0.6 is 11.3 Å². The van der Waals surface area contributed by atoms with Gasteiger partial charge in [-0.25, -0.2) is 4.98 Å². The standard InChI is InChI=1S/C14H19N3OS/c1-9(2)11-7-10-13(18)15-12(16-14(10)19-11)8-17-5-3-4-6-17/h7,9H,3-6,8H2,1-2H3,(H,15,16,18). The van der Waals surface area contributed by atoms with E-state index < -0.39 is 0 Å². The molecule has 0 radical (unpaired) electrons. The maximum Gasteiger partial charge on any atom is 0.259 e. The molecule has 1 fully saturated rings. The van der Waals surface area contributed by atoms with Gasteiger partial charge in [0.25, 0.3) is 5.56 Å². The molecule has 2 aromatic heterocycles. The number of aromatic amines is 1. The molecule has 19 heavy (non-hydrogen) atoms. The number of thiophene rings is 1. The lowest BCUT2D eigenvalue weighted by Crippen LogP contribution is -2.22. The average molecular weight is 277 g/mol. The van der Waals surface area contributed by atoms with Gasteiger partial charge in [-0.1, -0.05) is 13.8 Å². The monoisotopic (exact) mass is 277 g/mol. The first-order valence-corrected chi connectivity index (χ1v) is 7.70. The van der Waals surface area contributed by atoms with Gasteiger partial charge in [0.1, 0.15) is 10.7 Å². The number of rotatable bonds is 3. The van der Waals surface area contributed by atoms with E-state index in [1.165, 1.54) is 17.7 Å². The topological polar surface area (TPSA) is 49.0 Å². The summed E-state index contributed by atoms with van der Waals surface area (Å²) in [5.74, 6) is 1.25. The molecule has 102 valence electrons. The Hall–Kier alpha value is -1.20. The molecular formula is C14H19N3OS. The third kappa shape index (κ3) is 2.58. The smallest absolute Gasteiger partial charge is 0.259 e.